The number of carbonyl (C=O) groups excluding carboxylic acids is 3. The van der Waals surface area contributed by atoms with Crippen molar-refractivity contribution < 1.29 is 28.6 Å². The SMILES string of the molecule is COc1ccc(OC)c(C(C)NC(=O)COC(=O)Cc2ccc(N3CCCC3=O)cc2)c1. The Morgan fingerprint density at radius 2 is 1.84 bits per heavy atom. The molecule has 0 spiro atoms. The van der Waals surface area contributed by atoms with Crippen molar-refractivity contribution in [1.29, 1.82) is 0 Å². The van der Waals surface area contributed by atoms with E-state index in [-0.39, 0.29) is 25.0 Å². The van der Waals surface area contributed by atoms with Gasteiger partial charge in [0.25, 0.3) is 5.91 Å². The van der Waals surface area contributed by atoms with E-state index >= 15 is 0 Å². The summed E-state index contributed by atoms with van der Waals surface area (Å²) >= 11 is 0. The first-order valence-electron chi connectivity index (χ1n) is 10.5. The third-order valence-electron chi connectivity index (χ3n) is 5.32. The second kappa shape index (κ2) is 10.7. The lowest BCUT2D eigenvalue weighted by atomic mass is 10.1. The molecule has 170 valence electrons. The molecule has 0 bridgehead atoms. The lowest BCUT2D eigenvalue weighted by Gasteiger charge is -2.18. The first-order chi connectivity index (χ1) is 15.4. The van der Waals surface area contributed by atoms with Gasteiger partial charge in [-0.3, -0.25) is 14.4 Å². The maximum absolute atomic E-state index is 12.3. The summed E-state index contributed by atoms with van der Waals surface area (Å²) in [5.41, 5.74) is 2.33. The predicted octanol–water partition coefficient (Wildman–Crippen LogP) is 2.79. The van der Waals surface area contributed by atoms with Crippen molar-refractivity contribution in [1.82, 2.24) is 5.32 Å². The van der Waals surface area contributed by atoms with Crippen molar-refractivity contribution in [2.75, 3.05) is 32.3 Å². The molecular formula is C24H28N2O6. The summed E-state index contributed by atoms with van der Waals surface area (Å²) in [6.45, 7) is 2.15. The highest BCUT2D eigenvalue weighted by atomic mass is 16.5. The Morgan fingerprint density at radius 1 is 1.09 bits per heavy atom. The van der Waals surface area contributed by atoms with Gasteiger partial charge in [-0.25, -0.2) is 0 Å². The topological polar surface area (TPSA) is 94.2 Å². The molecule has 2 aromatic rings. The lowest BCUT2D eigenvalue weighted by Crippen LogP contribution is -2.31. The standard InChI is InChI=1S/C24H28N2O6/c1-16(20-14-19(30-2)10-11-21(20)31-3)25-22(27)15-32-24(29)13-17-6-8-18(9-7-17)26-12-4-5-23(26)28/h6-11,14,16H,4-5,12-13,15H2,1-3H3,(H,25,27). The monoisotopic (exact) mass is 440 g/mol. The van der Waals surface area contributed by atoms with Crippen molar-refractivity contribution in [3.63, 3.8) is 0 Å². The molecule has 1 unspecified atom stereocenters. The summed E-state index contributed by atoms with van der Waals surface area (Å²) in [6.07, 6.45) is 1.47. The second-order valence-electron chi connectivity index (χ2n) is 7.55. The summed E-state index contributed by atoms with van der Waals surface area (Å²) < 4.78 is 15.7. The van der Waals surface area contributed by atoms with Gasteiger partial charge in [0.1, 0.15) is 11.5 Å². The van der Waals surface area contributed by atoms with Crippen LogP contribution in [0.15, 0.2) is 42.5 Å². The van der Waals surface area contributed by atoms with Crippen molar-refractivity contribution in [3.05, 3.63) is 53.6 Å². The second-order valence-corrected chi connectivity index (χ2v) is 7.55. The van der Waals surface area contributed by atoms with Gasteiger partial charge in [0.2, 0.25) is 5.91 Å². The molecule has 1 aliphatic heterocycles. The minimum absolute atomic E-state index is 0.0424. The van der Waals surface area contributed by atoms with E-state index in [2.05, 4.69) is 5.32 Å². The van der Waals surface area contributed by atoms with Gasteiger partial charge < -0.3 is 24.4 Å². The lowest BCUT2D eigenvalue weighted by molar-refractivity contribution is -0.148. The molecule has 1 saturated heterocycles. The number of amides is 2. The summed E-state index contributed by atoms with van der Waals surface area (Å²) in [6, 6.07) is 12.2. The van der Waals surface area contributed by atoms with Gasteiger partial charge in [0.15, 0.2) is 6.61 Å². The van der Waals surface area contributed by atoms with Crippen LogP contribution in [0, 0.1) is 0 Å². The number of benzene rings is 2. The van der Waals surface area contributed by atoms with E-state index in [0.29, 0.717) is 17.9 Å². The summed E-state index contributed by atoms with van der Waals surface area (Å²) in [4.78, 5) is 38.0. The quantitative estimate of drug-likeness (QED) is 0.603. The van der Waals surface area contributed by atoms with Crippen molar-refractivity contribution >= 4 is 23.5 Å². The molecule has 8 heteroatoms. The fraction of sp³-hybridized carbons (Fsp3) is 0.375. The van der Waals surface area contributed by atoms with Crippen LogP contribution in [0.4, 0.5) is 5.69 Å². The predicted molar refractivity (Wildman–Crippen MR) is 119 cm³/mol. The van der Waals surface area contributed by atoms with Gasteiger partial charge in [0.05, 0.1) is 26.7 Å². The molecule has 2 aromatic carbocycles. The van der Waals surface area contributed by atoms with Gasteiger partial charge in [-0.15, -0.1) is 0 Å². The average Bonchev–Trinajstić information content (AvgIpc) is 3.23. The minimum Gasteiger partial charge on any atom is -0.497 e. The third-order valence-corrected chi connectivity index (χ3v) is 5.32. The smallest absolute Gasteiger partial charge is 0.310 e. The van der Waals surface area contributed by atoms with Crippen LogP contribution in [0.3, 0.4) is 0 Å². The highest BCUT2D eigenvalue weighted by Gasteiger charge is 2.21. The molecule has 0 aromatic heterocycles. The maximum atomic E-state index is 12.3. The molecule has 3 rings (SSSR count). The Labute approximate surface area is 187 Å². The molecule has 0 saturated carbocycles. The van der Waals surface area contributed by atoms with Crippen molar-refractivity contribution in [3.8, 4) is 11.5 Å². The van der Waals surface area contributed by atoms with Gasteiger partial charge in [0, 0.05) is 24.2 Å². The van der Waals surface area contributed by atoms with Crippen LogP contribution >= 0.6 is 0 Å². The zero-order valence-electron chi connectivity index (χ0n) is 18.6. The maximum Gasteiger partial charge on any atom is 0.310 e. The largest absolute Gasteiger partial charge is 0.497 e. The number of anilines is 1. The van der Waals surface area contributed by atoms with E-state index in [1.807, 2.05) is 19.1 Å². The molecule has 8 nitrogen and oxygen atoms in total. The molecule has 0 radical (unpaired) electrons. The first-order valence-corrected chi connectivity index (χ1v) is 10.5. The molecule has 1 fully saturated rings. The van der Waals surface area contributed by atoms with E-state index in [0.717, 1.165) is 29.8 Å². The van der Waals surface area contributed by atoms with E-state index in [9.17, 15) is 14.4 Å². The zero-order valence-corrected chi connectivity index (χ0v) is 18.6. The first kappa shape index (κ1) is 23.1. The Morgan fingerprint density at radius 3 is 2.47 bits per heavy atom. The Kier molecular flexibility index (Phi) is 7.70. The summed E-state index contributed by atoms with van der Waals surface area (Å²) in [5, 5.41) is 2.80. The number of nitrogens with one attached hydrogen (secondary N) is 1. The number of ether oxygens (including phenoxy) is 3. The molecule has 32 heavy (non-hydrogen) atoms. The Balaban J connectivity index is 1.48. The molecule has 1 atom stereocenters. The minimum atomic E-state index is -0.503. The van der Waals surface area contributed by atoms with Crippen molar-refractivity contribution in [2.45, 2.75) is 32.2 Å². The average molecular weight is 440 g/mol. The van der Waals surface area contributed by atoms with Gasteiger partial charge >= 0.3 is 5.97 Å². The number of methoxy groups -OCH3 is 2. The highest BCUT2D eigenvalue weighted by molar-refractivity contribution is 5.95. The van der Waals surface area contributed by atoms with Crippen LogP contribution in [-0.2, 0) is 25.5 Å². The van der Waals surface area contributed by atoms with Crippen LogP contribution in [0.2, 0.25) is 0 Å². The molecule has 1 N–H and O–H groups in total. The Hall–Kier alpha value is -3.55. The van der Waals surface area contributed by atoms with Crippen molar-refractivity contribution in [2.24, 2.45) is 0 Å². The van der Waals surface area contributed by atoms with Crippen LogP contribution in [0.1, 0.15) is 36.9 Å². The number of hydrogen-bond acceptors (Lipinski definition) is 6. The number of carbonyl (C=O) groups is 3. The third kappa shape index (κ3) is 5.78. The number of hydrogen-bond donors (Lipinski definition) is 1. The molecule has 2 amide bonds. The van der Waals surface area contributed by atoms with Crippen LogP contribution in [0.25, 0.3) is 0 Å². The van der Waals surface area contributed by atoms with E-state index < -0.39 is 11.9 Å². The zero-order chi connectivity index (χ0) is 23.1. The van der Waals surface area contributed by atoms with Crippen LogP contribution in [-0.4, -0.2) is 45.2 Å². The molecule has 0 aliphatic carbocycles. The normalized spacial score (nSPS) is 14.1. The van der Waals surface area contributed by atoms with Gasteiger partial charge in [-0.05, 0) is 49.2 Å². The number of nitrogens with zero attached hydrogens (tertiary/aromatic N) is 1. The van der Waals surface area contributed by atoms with Gasteiger partial charge in [-0.1, -0.05) is 12.1 Å². The molecule has 1 aliphatic rings. The molecular weight excluding hydrogens is 412 g/mol. The fourth-order valence-corrected chi connectivity index (χ4v) is 3.62. The Bertz CT molecular complexity index is 973. The van der Waals surface area contributed by atoms with Gasteiger partial charge in [-0.2, -0.15) is 0 Å². The number of esters is 1. The number of rotatable bonds is 9. The molecule has 1 heterocycles. The van der Waals surface area contributed by atoms with E-state index in [4.69, 9.17) is 14.2 Å². The van der Waals surface area contributed by atoms with Crippen LogP contribution in [0.5, 0.6) is 11.5 Å². The highest BCUT2D eigenvalue weighted by Crippen LogP contribution is 2.29. The van der Waals surface area contributed by atoms with Crippen LogP contribution < -0.4 is 19.7 Å². The fourth-order valence-electron chi connectivity index (χ4n) is 3.62. The summed E-state index contributed by atoms with van der Waals surface area (Å²) in [7, 11) is 3.12. The van der Waals surface area contributed by atoms with E-state index in [1.165, 1.54) is 0 Å². The summed E-state index contributed by atoms with van der Waals surface area (Å²) in [5.74, 6) is 0.461. The van der Waals surface area contributed by atoms with E-state index in [1.54, 1.807) is 49.5 Å².